The summed E-state index contributed by atoms with van der Waals surface area (Å²) >= 11 is 0. The molecule has 1 aliphatic rings. The fourth-order valence-corrected chi connectivity index (χ4v) is 1.81. The zero-order chi connectivity index (χ0) is 9.26. The van der Waals surface area contributed by atoms with Crippen LogP contribution >= 0.6 is 0 Å². The van der Waals surface area contributed by atoms with Crippen LogP contribution in [0.15, 0.2) is 24.3 Å². The van der Waals surface area contributed by atoms with E-state index in [0.29, 0.717) is 6.41 Å². The molecule has 3 nitrogen and oxygen atoms in total. The molecule has 3 heteroatoms. The lowest BCUT2D eigenvalue weighted by Crippen LogP contribution is -2.31. The molecule has 0 unspecified atom stereocenters. The number of carbonyl (C=O) groups is 1. The van der Waals surface area contributed by atoms with Gasteiger partial charge in [-0.15, -0.1) is 0 Å². The number of rotatable bonds is 2. The van der Waals surface area contributed by atoms with E-state index in [1.54, 1.807) is 0 Å². The fraction of sp³-hybridized carbons (Fsp3) is 0.300. The van der Waals surface area contributed by atoms with Crippen molar-refractivity contribution >= 4 is 6.41 Å². The van der Waals surface area contributed by atoms with Crippen LogP contribution in [0.2, 0.25) is 0 Å². The molecule has 0 bridgehead atoms. The van der Waals surface area contributed by atoms with E-state index in [9.17, 15) is 9.90 Å². The monoisotopic (exact) mass is 177 g/mol. The van der Waals surface area contributed by atoms with Crippen LogP contribution in [0.25, 0.3) is 0 Å². The van der Waals surface area contributed by atoms with Crippen molar-refractivity contribution in [1.29, 1.82) is 0 Å². The summed E-state index contributed by atoms with van der Waals surface area (Å²) in [5.74, 6) is 0. The minimum atomic E-state index is -0.554. The van der Waals surface area contributed by atoms with E-state index in [1.165, 1.54) is 0 Å². The Kier molecular flexibility index (Phi) is 2.02. The topological polar surface area (TPSA) is 49.3 Å². The van der Waals surface area contributed by atoms with Gasteiger partial charge in [-0.1, -0.05) is 24.3 Å². The third-order valence-corrected chi connectivity index (χ3v) is 2.48. The maximum Gasteiger partial charge on any atom is 0.207 e. The average molecular weight is 177 g/mol. The van der Waals surface area contributed by atoms with Crippen LogP contribution in [0.5, 0.6) is 0 Å². The van der Waals surface area contributed by atoms with Crippen LogP contribution in [0.1, 0.15) is 17.2 Å². The Bertz CT molecular complexity index is 324. The highest BCUT2D eigenvalue weighted by atomic mass is 16.3. The van der Waals surface area contributed by atoms with Crippen LogP contribution in [0, 0.1) is 0 Å². The Labute approximate surface area is 76.4 Å². The second-order valence-corrected chi connectivity index (χ2v) is 3.24. The van der Waals surface area contributed by atoms with Crippen molar-refractivity contribution in [2.75, 3.05) is 0 Å². The molecule has 0 spiro atoms. The van der Waals surface area contributed by atoms with Gasteiger partial charge in [0.2, 0.25) is 6.41 Å². The van der Waals surface area contributed by atoms with E-state index in [2.05, 4.69) is 5.32 Å². The molecule has 0 saturated heterocycles. The number of benzene rings is 1. The molecule has 13 heavy (non-hydrogen) atoms. The molecule has 2 atom stereocenters. The molecule has 0 aromatic heterocycles. The second-order valence-electron chi connectivity index (χ2n) is 3.24. The van der Waals surface area contributed by atoms with Gasteiger partial charge in [-0.25, -0.2) is 0 Å². The first-order valence-electron chi connectivity index (χ1n) is 4.28. The predicted molar refractivity (Wildman–Crippen MR) is 48.1 cm³/mol. The molecule has 0 saturated carbocycles. The quantitative estimate of drug-likeness (QED) is 0.642. The lowest BCUT2D eigenvalue weighted by atomic mass is 10.1. The van der Waals surface area contributed by atoms with Crippen LogP contribution < -0.4 is 5.32 Å². The average Bonchev–Trinajstić information content (AvgIpc) is 2.46. The van der Waals surface area contributed by atoms with E-state index in [4.69, 9.17) is 0 Å². The van der Waals surface area contributed by atoms with Crippen molar-refractivity contribution in [2.24, 2.45) is 0 Å². The number of aliphatic hydroxyl groups excluding tert-OH is 1. The smallest absolute Gasteiger partial charge is 0.207 e. The maximum absolute atomic E-state index is 10.2. The van der Waals surface area contributed by atoms with Crippen LogP contribution in [-0.4, -0.2) is 17.6 Å². The van der Waals surface area contributed by atoms with Gasteiger partial charge < -0.3 is 10.4 Å². The van der Waals surface area contributed by atoms with Gasteiger partial charge in [-0.2, -0.15) is 0 Å². The Morgan fingerprint density at radius 1 is 1.46 bits per heavy atom. The molecule has 0 aliphatic heterocycles. The van der Waals surface area contributed by atoms with Crippen LogP contribution in [0.3, 0.4) is 0 Å². The SMILES string of the molecule is O=CN[C@@H]1Cc2ccccc2[C@@H]1O. The highest BCUT2D eigenvalue weighted by Gasteiger charge is 2.29. The van der Waals surface area contributed by atoms with Gasteiger partial charge in [-0.05, 0) is 17.5 Å². The van der Waals surface area contributed by atoms with Crippen molar-refractivity contribution in [3.05, 3.63) is 35.4 Å². The number of hydrogen-bond acceptors (Lipinski definition) is 2. The van der Waals surface area contributed by atoms with Crippen molar-refractivity contribution in [3.63, 3.8) is 0 Å². The second kappa shape index (κ2) is 3.18. The first kappa shape index (κ1) is 8.26. The van der Waals surface area contributed by atoms with E-state index in [0.717, 1.165) is 17.5 Å². The lowest BCUT2D eigenvalue weighted by molar-refractivity contribution is -0.110. The number of aliphatic hydroxyl groups is 1. The molecule has 0 radical (unpaired) electrons. The zero-order valence-corrected chi connectivity index (χ0v) is 7.10. The third kappa shape index (κ3) is 1.31. The zero-order valence-electron chi connectivity index (χ0n) is 7.10. The number of fused-ring (bicyclic) bond motifs is 1. The van der Waals surface area contributed by atoms with E-state index in [-0.39, 0.29) is 6.04 Å². The molecular formula is C10H11NO2. The Morgan fingerprint density at radius 3 is 2.92 bits per heavy atom. The Hall–Kier alpha value is -1.35. The number of nitrogens with one attached hydrogen (secondary N) is 1. The van der Waals surface area contributed by atoms with Gasteiger partial charge in [0.1, 0.15) is 0 Å². The lowest BCUT2D eigenvalue weighted by Gasteiger charge is -2.12. The summed E-state index contributed by atoms with van der Waals surface area (Å²) in [5.41, 5.74) is 2.05. The Balaban J connectivity index is 2.27. The molecule has 1 aromatic rings. The highest BCUT2D eigenvalue weighted by Crippen LogP contribution is 2.30. The van der Waals surface area contributed by atoms with Crippen LogP contribution in [0.4, 0.5) is 0 Å². The molecular weight excluding hydrogens is 166 g/mol. The summed E-state index contributed by atoms with van der Waals surface area (Å²) in [6.45, 7) is 0. The minimum absolute atomic E-state index is 0.158. The summed E-state index contributed by atoms with van der Waals surface area (Å²) < 4.78 is 0. The summed E-state index contributed by atoms with van der Waals surface area (Å²) in [6, 6.07) is 7.55. The predicted octanol–water partition coefficient (Wildman–Crippen LogP) is 0.391. The summed E-state index contributed by atoms with van der Waals surface area (Å²) in [4.78, 5) is 10.2. The molecule has 2 N–H and O–H groups in total. The number of amides is 1. The van der Waals surface area contributed by atoms with Gasteiger partial charge >= 0.3 is 0 Å². The van der Waals surface area contributed by atoms with Gasteiger partial charge in [-0.3, -0.25) is 4.79 Å². The van der Waals surface area contributed by atoms with Gasteiger partial charge in [0.15, 0.2) is 0 Å². The minimum Gasteiger partial charge on any atom is -0.386 e. The normalized spacial score (nSPS) is 25.3. The van der Waals surface area contributed by atoms with Gasteiger partial charge in [0, 0.05) is 0 Å². The van der Waals surface area contributed by atoms with Crippen LogP contribution in [-0.2, 0) is 11.2 Å². The first-order valence-corrected chi connectivity index (χ1v) is 4.28. The molecule has 1 amide bonds. The first-order chi connectivity index (χ1) is 6.33. The molecule has 1 aromatic carbocycles. The Morgan fingerprint density at radius 2 is 2.23 bits per heavy atom. The van der Waals surface area contributed by atoms with E-state index < -0.39 is 6.10 Å². The molecule has 68 valence electrons. The molecule has 0 heterocycles. The molecule has 1 aliphatic carbocycles. The van der Waals surface area contributed by atoms with Crippen molar-refractivity contribution in [3.8, 4) is 0 Å². The fourth-order valence-electron chi connectivity index (χ4n) is 1.81. The molecule has 0 fully saturated rings. The third-order valence-electron chi connectivity index (χ3n) is 2.48. The number of carbonyl (C=O) groups excluding carboxylic acids is 1. The summed E-state index contributed by atoms with van der Waals surface area (Å²) in [5, 5.41) is 12.4. The molecule has 2 rings (SSSR count). The van der Waals surface area contributed by atoms with Crippen molar-refractivity contribution in [2.45, 2.75) is 18.6 Å². The highest BCUT2D eigenvalue weighted by molar-refractivity contribution is 5.49. The largest absolute Gasteiger partial charge is 0.386 e. The van der Waals surface area contributed by atoms with Gasteiger partial charge in [0.25, 0.3) is 0 Å². The standard InChI is InChI=1S/C10H11NO2/c12-6-11-9-5-7-3-1-2-4-8(7)10(9)13/h1-4,6,9-10,13H,5H2,(H,11,12)/t9-,10+/m1/s1. The van der Waals surface area contributed by atoms with Gasteiger partial charge in [0.05, 0.1) is 12.1 Å². The van der Waals surface area contributed by atoms with E-state index >= 15 is 0 Å². The van der Waals surface area contributed by atoms with Crippen molar-refractivity contribution in [1.82, 2.24) is 5.32 Å². The van der Waals surface area contributed by atoms with E-state index in [1.807, 2.05) is 24.3 Å². The maximum atomic E-state index is 10.2. The van der Waals surface area contributed by atoms with Crippen molar-refractivity contribution < 1.29 is 9.90 Å². The summed E-state index contributed by atoms with van der Waals surface area (Å²) in [6.07, 6.45) is 0.803. The number of hydrogen-bond donors (Lipinski definition) is 2. The summed E-state index contributed by atoms with van der Waals surface area (Å²) in [7, 11) is 0.